The fourth-order valence-electron chi connectivity index (χ4n) is 4.54. The zero-order chi connectivity index (χ0) is 23.2. The van der Waals surface area contributed by atoms with Crippen molar-refractivity contribution < 1.29 is 9.59 Å². The number of piperidine rings is 1. The molecule has 176 valence electrons. The fraction of sp³-hybridized carbons (Fsp3) is 0.440. The number of likely N-dealkylation sites (tertiary alicyclic amines) is 1. The topological polar surface area (TPSA) is 55.9 Å². The molecule has 0 saturated carbocycles. The summed E-state index contributed by atoms with van der Waals surface area (Å²) >= 11 is 12.0. The molecule has 1 atom stereocenters. The molecule has 2 aliphatic rings. The van der Waals surface area contributed by atoms with Crippen LogP contribution in [0.1, 0.15) is 23.2 Å². The van der Waals surface area contributed by atoms with Crippen molar-refractivity contribution in [3.8, 4) is 0 Å². The Kier molecular flexibility index (Phi) is 8.12. The number of piperazine rings is 1. The summed E-state index contributed by atoms with van der Waals surface area (Å²) in [6.07, 6.45) is 1.61. The Balaban J connectivity index is 1.20. The predicted molar refractivity (Wildman–Crippen MR) is 133 cm³/mol. The molecule has 6 nitrogen and oxygen atoms in total. The van der Waals surface area contributed by atoms with Crippen molar-refractivity contribution in [2.45, 2.75) is 12.8 Å². The number of nitrogens with one attached hydrogen (secondary N) is 1. The molecule has 33 heavy (non-hydrogen) atoms. The van der Waals surface area contributed by atoms with E-state index in [2.05, 4.69) is 39.4 Å². The number of carbonyl (C=O) groups is 2. The van der Waals surface area contributed by atoms with Crippen molar-refractivity contribution in [3.05, 3.63) is 64.1 Å². The molecule has 2 fully saturated rings. The van der Waals surface area contributed by atoms with Gasteiger partial charge in [-0.25, -0.2) is 0 Å². The van der Waals surface area contributed by atoms with E-state index in [9.17, 15) is 9.59 Å². The maximum Gasteiger partial charge on any atom is 0.253 e. The van der Waals surface area contributed by atoms with Crippen LogP contribution in [0.25, 0.3) is 0 Å². The molecule has 2 saturated heterocycles. The number of hydrogen-bond acceptors (Lipinski definition) is 4. The minimum Gasteiger partial charge on any atom is -0.369 e. The van der Waals surface area contributed by atoms with E-state index in [0.29, 0.717) is 35.2 Å². The van der Waals surface area contributed by atoms with E-state index < -0.39 is 0 Å². The molecule has 2 aliphatic heterocycles. The third-order valence-corrected chi connectivity index (χ3v) is 7.21. The lowest BCUT2D eigenvalue weighted by Crippen LogP contribution is -2.50. The molecule has 0 aliphatic carbocycles. The second-order valence-electron chi connectivity index (χ2n) is 8.67. The Labute approximate surface area is 205 Å². The van der Waals surface area contributed by atoms with Crippen LogP contribution in [0.15, 0.2) is 48.5 Å². The Morgan fingerprint density at radius 3 is 2.42 bits per heavy atom. The van der Waals surface area contributed by atoms with E-state index in [1.807, 2.05) is 6.07 Å². The fourth-order valence-corrected chi connectivity index (χ4v) is 4.84. The second-order valence-corrected chi connectivity index (χ2v) is 9.49. The summed E-state index contributed by atoms with van der Waals surface area (Å²) in [5, 5.41) is 3.87. The van der Waals surface area contributed by atoms with Crippen LogP contribution < -0.4 is 10.2 Å². The first kappa shape index (κ1) is 23.9. The molecule has 4 rings (SSSR count). The molecule has 2 heterocycles. The quantitative estimate of drug-likeness (QED) is 0.671. The second kappa shape index (κ2) is 11.2. The smallest absolute Gasteiger partial charge is 0.253 e. The molecule has 1 N–H and O–H groups in total. The molecule has 1 unspecified atom stereocenters. The number of hydrogen-bond donors (Lipinski definition) is 1. The highest BCUT2D eigenvalue weighted by atomic mass is 35.5. The van der Waals surface area contributed by atoms with Gasteiger partial charge in [0.15, 0.2) is 0 Å². The van der Waals surface area contributed by atoms with Gasteiger partial charge < -0.3 is 15.1 Å². The predicted octanol–water partition coefficient (Wildman–Crippen LogP) is 3.78. The van der Waals surface area contributed by atoms with Crippen LogP contribution in [0.3, 0.4) is 0 Å². The molecule has 0 aromatic heterocycles. The van der Waals surface area contributed by atoms with Gasteiger partial charge in [-0.1, -0.05) is 41.4 Å². The monoisotopic (exact) mass is 488 g/mol. The van der Waals surface area contributed by atoms with Gasteiger partial charge in [-0.15, -0.1) is 0 Å². The van der Waals surface area contributed by atoms with E-state index in [-0.39, 0.29) is 17.7 Å². The molecule has 2 aromatic carbocycles. The van der Waals surface area contributed by atoms with Crippen molar-refractivity contribution in [2.24, 2.45) is 5.92 Å². The van der Waals surface area contributed by atoms with E-state index >= 15 is 0 Å². The Bertz CT molecular complexity index is 964. The van der Waals surface area contributed by atoms with Gasteiger partial charge in [-0.2, -0.15) is 0 Å². The zero-order valence-corrected chi connectivity index (χ0v) is 20.2. The number of amides is 2. The van der Waals surface area contributed by atoms with E-state index in [0.717, 1.165) is 45.6 Å². The number of para-hydroxylation sites is 1. The van der Waals surface area contributed by atoms with Crippen LogP contribution in [-0.4, -0.2) is 74.0 Å². The van der Waals surface area contributed by atoms with Gasteiger partial charge in [0.05, 0.1) is 16.0 Å². The molecule has 2 amide bonds. The van der Waals surface area contributed by atoms with Crippen molar-refractivity contribution in [1.82, 2.24) is 15.1 Å². The number of carbonyl (C=O) groups excluding carboxylic acids is 2. The number of rotatable bonds is 6. The van der Waals surface area contributed by atoms with Gasteiger partial charge in [-0.05, 0) is 43.2 Å². The van der Waals surface area contributed by atoms with Crippen LogP contribution in [0.5, 0.6) is 0 Å². The average Bonchev–Trinajstić information content (AvgIpc) is 2.86. The summed E-state index contributed by atoms with van der Waals surface area (Å²) in [6.45, 7) is 6.50. The largest absolute Gasteiger partial charge is 0.369 e. The minimum absolute atomic E-state index is 0.0320. The summed E-state index contributed by atoms with van der Waals surface area (Å²) in [5.74, 6) is -0.257. The van der Waals surface area contributed by atoms with E-state index in [1.54, 1.807) is 23.1 Å². The van der Waals surface area contributed by atoms with E-state index in [4.69, 9.17) is 23.2 Å². The maximum atomic E-state index is 12.9. The van der Waals surface area contributed by atoms with Crippen molar-refractivity contribution >= 4 is 40.7 Å². The maximum absolute atomic E-state index is 12.9. The first-order valence-corrected chi connectivity index (χ1v) is 12.3. The first-order chi connectivity index (χ1) is 16.0. The molecular formula is C25H30Cl2N4O2. The zero-order valence-electron chi connectivity index (χ0n) is 18.7. The Morgan fingerprint density at radius 1 is 0.939 bits per heavy atom. The first-order valence-electron chi connectivity index (χ1n) is 11.6. The summed E-state index contributed by atoms with van der Waals surface area (Å²) < 4.78 is 0. The highest BCUT2D eigenvalue weighted by Crippen LogP contribution is 2.25. The minimum atomic E-state index is -0.180. The van der Waals surface area contributed by atoms with Crippen molar-refractivity contribution in [3.63, 3.8) is 0 Å². The molecule has 0 radical (unpaired) electrons. The number of benzene rings is 2. The molecular weight excluding hydrogens is 459 g/mol. The standard InChI is InChI=1S/C25H30Cl2N4O2/c26-22-9-8-19(17-23(22)27)25(33)31-11-4-5-20(18-31)24(32)28-10-12-29-13-15-30(16-14-29)21-6-2-1-3-7-21/h1-3,6-9,17,20H,4-5,10-16,18H2,(H,28,32). The molecule has 0 spiro atoms. The lowest BCUT2D eigenvalue weighted by Gasteiger charge is -2.36. The van der Waals surface area contributed by atoms with Gasteiger partial charge in [0.1, 0.15) is 0 Å². The van der Waals surface area contributed by atoms with Crippen LogP contribution in [0, 0.1) is 5.92 Å². The van der Waals surface area contributed by atoms with Crippen LogP contribution in [-0.2, 0) is 4.79 Å². The summed E-state index contributed by atoms with van der Waals surface area (Å²) in [7, 11) is 0. The molecule has 0 bridgehead atoms. The third-order valence-electron chi connectivity index (χ3n) is 6.47. The highest BCUT2D eigenvalue weighted by Gasteiger charge is 2.29. The Hall–Kier alpha value is -2.28. The number of nitrogens with zero attached hydrogens (tertiary/aromatic N) is 3. The van der Waals surface area contributed by atoms with Crippen molar-refractivity contribution in [1.29, 1.82) is 0 Å². The highest BCUT2D eigenvalue weighted by molar-refractivity contribution is 6.42. The average molecular weight is 489 g/mol. The van der Waals surface area contributed by atoms with Gasteiger partial charge in [0.2, 0.25) is 5.91 Å². The molecule has 2 aromatic rings. The Morgan fingerprint density at radius 2 is 1.70 bits per heavy atom. The lowest BCUT2D eigenvalue weighted by atomic mass is 9.96. The normalized spacial score (nSPS) is 19.4. The summed E-state index contributed by atoms with van der Waals surface area (Å²) in [5.41, 5.74) is 1.77. The molecule has 8 heteroatoms. The van der Waals surface area contributed by atoms with Crippen LogP contribution in [0.4, 0.5) is 5.69 Å². The van der Waals surface area contributed by atoms with Gasteiger partial charge >= 0.3 is 0 Å². The number of halogens is 2. The van der Waals surface area contributed by atoms with Gasteiger partial charge in [0, 0.05) is 63.6 Å². The van der Waals surface area contributed by atoms with E-state index in [1.165, 1.54) is 5.69 Å². The van der Waals surface area contributed by atoms with Gasteiger partial charge in [0.25, 0.3) is 5.91 Å². The van der Waals surface area contributed by atoms with Crippen LogP contribution in [0.2, 0.25) is 10.0 Å². The summed E-state index contributed by atoms with van der Waals surface area (Å²) in [4.78, 5) is 32.2. The summed E-state index contributed by atoms with van der Waals surface area (Å²) in [6, 6.07) is 15.4. The number of anilines is 1. The van der Waals surface area contributed by atoms with Crippen molar-refractivity contribution in [2.75, 3.05) is 57.3 Å². The SMILES string of the molecule is O=C(NCCN1CCN(c2ccccc2)CC1)C1CCCN(C(=O)c2ccc(Cl)c(Cl)c2)C1. The van der Waals surface area contributed by atoms with Crippen LogP contribution >= 0.6 is 23.2 Å². The third kappa shape index (κ3) is 6.19. The van der Waals surface area contributed by atoms with Gasteiger partial charge in [-0.3, -0.25) is 14.5 Å². The lowest BCUT2D eigenvalue weighted by molar-refractivity contribution is -0.126.